The van der Waals surface area contributed by atoms with Crippen molar-refractivity contribution >= 4 is 21.6 Å². The van der Waals surface area contributed by atoms with Gasteiger partial charge in [0.15, 0.2) is 0 Å². The van der Waals surface area contributed by atoms with Crippen LogP contribution in [0.4, 0.5) is 4.39 Å². The zero-order chi connectivity index (χ0) is 19.4. The largest absolute Gasteiger partial charge is 0.497 e. The van der Waals surface area contributed by atoms with Gasteiger partial charge in [-0.05, 0) is 62.3 Å². The van der Waals surface area contributed by atoms with Gasteiger partial charge in [0.2, 0.25) is 10.0 Å². The van der Waals surface area contributed by atoms with Crippen LogP contribution in [0.5, 0.6) is 5.75 Å². The molecule has 1 unspecified atom stereocenters. The third-order valence-electron chi connectivity index (χ3n) is 4.75. The van der Waals surface area contributed by atoms with E-state index in [9.17, 15) is 12.8 Å². The molecule has 1 atom stereocenters. The standard InChI is InChI=1S/C19H22ClFN2O3S/c1-26-14-7-9-15(10-8-14)27(24,25)22-13-18(23-11-2-3-12-23)19-16(20)5-4-6-17(19)21/h4-10,18,22H,2-3,11-13H2,1H3. The van der Waals surface area contributed by atoms with Gasteiger partial charge in [-0.1, -0.05) is 17.7 Å². The van der Waals surface area contributed by atoms with Crippen LogP contribution in [0.3, 0.4) is 0 Å². The van der Waals surface area contributed by atoms with Crippen LogP contribution in [0, 0.1) is 5.82 Å². The maximum Gasteiger partial charge on any atom is 0.240 e. The fraction of sp³-hybridized carbons (Fsp3) is 0.368. The summed E-state index contributed by atoms with van der Waals surface area (Å²) in [5, 5.41) is 0.301. The second-order valence-electron chi connectivity index (χ2n) is 6.42. The van der Waals surface area contributed by atoms with Crippen molar-refractivity contribution < 1.29 is 17.5 Å². The molecule has 1 saturated heterocycles. The van der Waals surface area contributed by atoms with E-state index in [2.05, 4.69) is 9.62 Å². The first kappa shape index (κ1) is 20.1. The Morgan fingerprint density at radius 2 is 1.85 bits per heavy atom. The quantitative estimate of drug-likeness (QED) is 0.754. The number of hydrogen-bond donors (Lipinski definition) is 1. The van der Waals surface area contributed by atoms with E-state index >= 15 is 0 Å². The number of rotatable bonds is 7. The van der Waals surface area contributed by atoms with Crippen molar-refractivity contribution in [2.75, 3.05) is 26.7 Å². The minimum atomic E-state index is -3.74. The summed E-state index contributed by atoms with van der Waals surface area (Å²) in [4.78, 5) is 2.20. The van der Waals surface area contributed by atoms with Gasteiger partial charge in [0.25, 0.3) is 0 Å². The normalized spacial score (nSPS) is 16.4. The first-order valence-corrected chi connectivity index (χ1v) is 10.6. The molecule has 8 heteroatoms. The lowest BCUT2D eigenvalue weighted by molar-refractivity contribution is 0.241. The van der Waals surface area contributed by atoms with Crippen molar-refractivity contribution in [1.82, 2.24) is 9.62 Å². The van der Waals surface area contributed by atoms with Crippen LogP contribution in [-0.4, -0.2) is 40.1 Å². The van der Waals surface area contributed by atoms with E-state index in [-0.39, 0.29) is 11.4 Å². The van der Waals surface area contributed by atoms with Crippen LogP contribution in [0.1, 0.15) is 24.4 Å². The predicted octanol–water partition coefficient (Wildman–Crippen LogP) is 3.60. The molecule has 0 amide bonds. The molecule has 1 fully saturated rings. The maximum absolute atomic E-state index is 14.5. The van der Waals surface area contributed by atoms with Gasteiger partial charge in [0.05, 0.1) is 18.0 Å². The molecule has 0 spiro atoms. The molecule has 0 radical (unpaired) electrons. The van der Waals surface area contributed by atoms with Crippen molar-refractivity contribution in [3.63, 3.8) is 0 Å². The molecule has 1 N–H and O–H groups in total. The van der Waals surface area contributed by atoms with E-state index in [4.69, 9.17) is 16.3 Å². The zero-order valence-corrected chi connectivity index (χ0v) is 16.6. The number of methoxy groups -OCH3 is 1. The van der Waals surface area contributed by atoms with Gasteiger partial charge in [0, 0.05) is 17.1 Å². The average Bonchev–Trinajstić information content (AvgIpc) is 3.18. The Balaban J connectivity index is 1.84. The van der Waals surface area contributed by atoms with E-state index in [0.29, 0.717) is 16.3 Å². The molecule has 1 aliphatic heterocycles. The summed E-state index contributed by atoms with van der Waals surface area (Å²) in [7, 11) is -2.23. The molecular formula is C19H22ClFN2O3S. The summed E-state index contributed by atoms with van der Waals surface area (Å²) in [6.45, 7) is 1.59. The Kier molecular flexibility index (Phi) is 6.37. The van der Waals surface area contributed by atoms with E-state index in [1.165, 1.54) is 25.3 Å². The molecule has 146 valence electrons. The lowest BCUT2D eigenvalue weighted by atomic mass is 10.0. The van der Waals surface area contributed by atoms with Crippen molar-refractivity contribution in [3.8, 4) is 5.75 Å². The minimum absolute atomic E-state index is 0.0367. The third kappa shape index (κ3) is 4.60. The van der Waals surface area contributed by atoms with E-state index in [1.807, 2.05) is 0 Å². The predicted molar refractivity (Wildman–Crippen MR) is 103 cm³/mol. The van der Waals surface area contributed by atoms with Gasteiger partial charge in [-0.15, -0.1) is 0 Å². The fourth-order valence-electron chi connectivity index (χ4n) is 3.32. The number of ether oxygens (including phenoxy) is 1. The number of nitrogens with zero attached hydrogens (tertiary/aromatic N) is 1. The van der Waals surface area contributed by atoms with Gasteiger partial charge in [-0.25, -0.2) is 17.5 Å². The number of nitrogens with one attached hydrogen (secondary N) is 1. The highest BCUT2D eigenvalue weighted by atomic mass is 35.5. The highest BCUT2D eigenvalue weighted by Gasteiger charge is 2.29. The van der Waals surface area contributed by atoms with Gasteiger partial charge >= 0.3 is 0 Å². The molecule has 5 nitrogen and oxygen atoms in total. The van der Waals surface area contributed by atoms with Crippen LogP contribution in [0.25, 0.3) is 0 Å². The van der Waals surface area contributed by atoms with Crippen LogP contribution in [-0.2, 0) is 10.0 Å². The van der Waals surface area contributed by atoms with Crippen molar-refractivity contribution in [2.45, 2.75) is 23.8 Å². The highest BCUT2D eigenvalue weighted by molar-refractivity contribution is 7.89. The third-order valence-corrected chi connectivity index (χ3v) is 6.52. The van der Waals surface area contributed by atoms with E-state index in [1.54, 1.807) is 24.3 Å². The molecule has 0 saturated carbocycles. The van der Waals surface area contributed by atoms with Crippen LogP contribution in [0.15, 0.2) is 47.4 Å². The summed E-state index contributed by atoms with van der Waals surface area (Å²) in [6, 6.07) is 10.2. The smallest absolute Gasteiger partial charge is 0.240 e. The van der Waals surface area contributed by atoms with Crippen molar-refractivity contribution in [1.29, 1.82) is 0 Å². The molecule has 0 aliphatic carbocycles. The van der Waals surface area contributed by atoms with E-state index in [0.717, 1.165) is 25.9 Å². The molecule has 1 aliphatic rings. The van der Waals surface area contributed by atoms with E-state index < -0.39 is 21.9 Å². The second-order valence-corrected chi connectivity index (χ2v) is 8.60. The molecule has 27 heavy (non-hydrogen) atoms. The number of sulfonamides is 1. The van der Waals surface area contributed by atoms with Gasteiger partial charge < -0.3 is 4.74 Å². The molecular weight excluding hydrogens is 391 g/mol. The van der Waals surface area contributed by atoms with Gasteiger partial charge in [0.1, 0.15) is 11.6 Å². The van der Waals surface area contributed by atoms with Gasteiger partial charge in [-0.2, -0.15) is 0 Å². The molecule has 0 aromatic heterocycles. The van der Waals surface area contributed by atoms with Crippen molar-refractivity contribution in [2.24, 2.45) is 0 Å². The summed E-state index contributed by atoms with van der Waals surface area (Å²) in [5.41, 5.74) is 0.332. The lowest BCUT2D eigenvalue weighted by Crippen LogP contribution is -2.37. The summed E-state index contributed by atoms with van der Waals surface area (Å²) in [5.74, 6) is 0.144. The Labute approximate surface area is 164 Å². The second kappa shape index (κ2) is 8.56. The Morgan fingerprint density at radius 1 is 1.19 bits per heavy atom. The fourth-order valence-corrected chi connectivity index (χ4v) is 4.65. The topological polar surface area (TPSA) is 58.6 Å². The summed E-state index contributed by atoms with van der Waals surface area (Å²) >= 11 is 6.25. The molecule has 2 aromatic rings. The molecule has 2 aromatic carbocycles. The average molecular weight is 413 g/mol. The SMILES string of the molecule is COc1ccc(S(=O)(=O)NCC(c2c(F)cccc2Cl)N2CCCC2)cc1. The summed E-state index contributed by atoms with van der Waals surface area (Å²) < 4.78 is 47.4. The van der Waals surface area contributed by atoms with Crippen LogP contribution >= 0.6 is 11.6 Å². The molecule has 3 rings (SSSR count). The van der Waals surface area contributed by atoms with Gasteiger partial charge in [-0.3, -0.25) is 4.90 Å². The number of hydrogen-bond acceptors (Lipinski definition) is 4. The summed E-state index contributed by atoms with van der Waals surface area (Å²) in [6.07, 6.45) is 1.99. The first-order valence-electron chi connectivity index (χ1n) is 8.74. The molecule has 0 bridgehead atoms. The monoisotopic (exact) mass is 412 g/mol. The number of halogens is 2. The van der Waals surface area contributed by atoms with Crippen LogP contribution in [0.2, 0.25) is 5.02 Å². The maximum atomic E-state index is 14.5. The minimum Gasteiger partial charge on any atom is -0.497 e. The Morgan fingerprint density at radius 3 is 2.44 bits per heavy atom. The molecule has 1 heterocycles. The Hall–Kier alpha value is -1.67. The number of benzene rings is 2. The lowest BCUT2D eigenvalue weighted by Gasteiger charge is -2.29. The zero-order valence-electron chi connectivity index (χ0n) is 15.0. The Bertz CT molecular complexity index is 864. The first-order chi connectivity index (χ1) is 12.9. The number of likely N-dealkylation sites (tertiary alicyclic amines) is 1. The van der Waals surface area contributed by atoms with Crippen molar-refractivity contribution in [3.05, 3.63) is 58.9 Å². The highest BCUT2D eigenvalue weighted by Crippen LogP contribution is 2.32. The van der Waals surface area contributed by atoms with Crippen LogP contribution < -0.4 is 9.46 Å².